The summed E-state index contributed by atoms with van der Waals surface area (Å²) in [5, 5.41) is 3.48. The monoisotopic (exact) mass is 250 g/mol. The zero-order valence-electron chi connectivity index (χ0n) is 12.4. The fourth-order valence-electron chi connectivity index (χ4n) is 1.76. The topological polar surface area (TPSA) is 15.3 Å². The third-order valence-electron chi connectivity index (χ3n) is 3.06. The van der Waals surface area contributed by atoms with Crippen molar-refractivity contribution in [2.24, 2.45) is 0 Å². The van der Waals surface area contributed by atoms with E-state index in [1.165, 1.54) is 5.57 Å². The highest BCUT2D eigenvalue weighted by molar-refractivity contribution is 5.22. The zero-order valence-corrected chi connectivity index (χ0v) is 12.4. The second-order valence-corrected chi connectivity index (χ2v) is 4.30. The first-order valence-corrected chi connectivity index (χ1v) is 7.19. The van der Waals surface area contributed by atoms with Crippen LogP contribution in [0, 0.1) is 0 Å². The Morgan fingerprint density at radius 1 is 1.17 bits per heavy atom. The standard InChI is InChI=1S/C16H30N2/c1-5-11-16(6-2)12-9-10-13-17-14-15-18(7-3)8-4/h5,9,11-12,17H,1,6-8,10,13-15H2,2-4H3/b12-9-,16-11-. The molecule has 0 rings (SSSR count). The van der Waals surface area contributed by atoms with Crippen LogP contribution in [0.5, 0.6) is 0 Å². The number of nitrogens with one attached hydrogen (secondary N) is 1. The minimum Gasteiger partial charge on any atom is -0.315 e. The molecule has 2 heteroatoms. The van der Waals surface area contributed by atoms with Crippen LogP contribution in [0.2, 0.25) is 0 Å². The summed E-state index contributed by atoms with van der Waals surface area (Å²) in [6.45, 7) is 15.9. The van der Waals surface area contributed by atoms with Crippen LogP contribution in [0.1, 0.15) is 33.6 Å². The molecule has 0 amide bonds. The van der Waals surface area contributed by atoms with Crippen LogP contribution in [0.4, 0.5) is 0 Å². The molecule has 0 aliphatic carbocycles. The van der Waals surface area contributed by atoms with E-state index in [0.717, 1.165) is 45.6 Å². The molecule has 0 heterocycles. The smallest absolute Gasteiger partial charge is 0.0107 e. The van der Waals surface area contributed by atoms with Gasteiger partial charge in [-0.05, 0) is 38.0 Å². The van der Waals surface area contributed by atoms with Crippen molar-refractivity contribution in [3.05, 3.63) is 36.5 Å². The lowest BCUT2D eigenvalue weighted by atomic mass is 10.1. The zero-order chi connectivity index (χ0) is 13.6. The fourth-order valence-corrected chi connectivity index (χ4v) is 1.76. The molecule has 0 saturated heterocycles. The van der Waals surface area contributed by atoms with E-state index >= 15 is 0 Å². The van der Waals surface area contributed by atoms with Crippen molar-refractivity contribution >= 4 is 0 Å². The molecule has 0 atom stereocenters. The Balaban J connectivity index is 3.58. The van der Waals surface area contributed by atoms with Crippen molar-refractivity contribution < 1.29 is 0 Å². The summed E-state index contributed by atoms with van der Waals surface area (Å²) in [6.07, 6.45) is 10.5. The first kappa shape index (κ1) is 17.1. The molecular formula is C16H30N2. The summed E-state index contributed by atoms with van der Waals surface area (Å²) in [4.78, 5) is 2.44. The molecule has 0 unspecified atom stereocenters. The molecule has 0 aliphatic heterocycles. The first-order chi connectivity index (χ1) is 8.78. The van der Waals surface area contributed by atoms with E-state index in [1.54, 1.807) is 0 Å². The van der Waals surface area contributed by atoms with Gasteiger partial charge in [-0.1, -0.05) is 51.7 Å². The largest absolute Gasteiger partial charge is 0.315 e. The van der Waals surface area contributed by atoms with Crippen LogP contribution in [-0.4, -0.2) is 37.6 Å². The van der Waals surface area contributed by atoms with Crippen molar-refractivity contribution in [3.8, 4) is 0 Å². The molecule has 18 heavy (non-hydrogen) atoms. The third-order valence-corrected chi connectivity index (χ3v) is 3.06. The van der Waals surface area contributed by atoms with Crippen LogP contribution in [0.3, 0.4) is 0 Å². The fraction of sp³-hybridized carbons (Fsp3) is 0.625. The summed E-state index contributed by atoms with van der Waals surface area (Å²) in [5.74, 6) is 0. The Labute approximate surface area is 113 Å². The normalized spacial score (nSPS) is 12.6. The molecule has 0 fully saturated rings. The van der Waals surface area contributed by atoms with Crippen molar-refractivity contribution in [1.29, 1.82) is 0 Å². The number of hydrogen-bond donors (Lipinski definition) is 1. The van der Waals surface area contributed by atoms with E-state index in [4.69, 9.17) is 0 Å². The van der Waals surface area contributed by atoms with Crippen LogP contribution in [0.15, 0.2) is 36.5 Å². The van der Waals surface area contributed by atoms with Crippen molar-refractivity contribution in [2.45, 2.75) is 33.6 Å². The summed E-state index contributed by atoms with van der Waals surface area (Å²) in [5.41, 5.74) is 1.34. The van der Waals surface area contributed by atoms with Gasteiger partial charge in [-0.2, -0.15) is 0 Å². The van der Waals surface area contributed by atoms with Gasteiger partial charge in [0.2, 0.25) is 0 Å². The van der Waals surface area contributed by atoms with Gasteiger partial charge in [-0.15, -0.1) is 0 Å². The maximum atomic E-state index is 3.72. The number of allylic oxidation sites excluding steroid dienone is 4. The van der Waals surface area contributed by atoms with Gasteiger partial charge >= 0.3 is 0 Å². The third kappa shape index (κ3) is 9.20. The highest BCUT2D eigenvalue weighted by Crippen LogP contribution is 2.02. The van der Waals surface area contributed by atoms with Gasteiger partial charge in [0.25, 0.3) is 0 Å². The van der Waals surface area contributed by atoms with Gasteiger partial charge in [0.15, 0.2) is 0 Å². The minimum absolute atomic E-state index is 1.06. The molecule has 0 spiro atoms. The Bertz CT molecular complexity index is 250. The molecule has 0 radical (unpaired) electrons. The van der Waals surface area contributed by atoms with Crippen LogP contribution >= 0.6 is 0 Å². The van der Waals surface area contributed by atoms with Crippen molar-refractivity contribution in [1.82, 2.24) is 10.2 Å². The molecule has 1 N–H and O–H groups in total. The van der Waals surface area contributed by atoms with E-state index < -0.39 is 0 Å². The summed E-state index contributed by atoms with van der Waals surface area (Å²) < 4.78 is 0. The lowest BCUT2D eigenvalue weighted by Gasteiger charge is -2.17. The summed E-state index contributed by atoms with van der Waals surface area (Å²) in [7, 11) is 0. The van der Waals surface area contributed by atoms with E-state index in [1.807, 2.05) is 6.08 Å². The Morgan fingerprint density at radius 3 is 2.44 bits per heavy atom. The molecule has 0 aliphatic rings. The SMILES string of the molecule is C=C/C=C(\C=C/CCNCCN(CC)CC)CC. The average molecular weight is 250 g/mol. The molecule has 0 aromatic heterocycles. The van der Waals surface area contributed by atoms with Crippen molar-refractivity contribution in [3.63, 3.8) is 0 Å². The maximum Gasteiger partial charge on any atom is 0.0107 e. The lowest BCUT2D eigenvalue weighted by Crippen LogP contribution is -2.32. The van der Waals surface area contributed by atoms with Crippen LogP contribution < -0.4 is 5.32 Å². The number of hydrogen-bond acceptors (Lipinski definition) is 2. The van der Waals surface area contributed by atoms with Gasteiger partial charge in [0, 0.05) is 13.1 Å². The van der Waals surface area contributed by atoms with E-state index in [-0.39, 0.29) is 0 Å². The Morgan fingerprint density at radius 2 is 1.89 bits per heavy atom. The predicted molar refractivity (Wildman–Crippen MR) is 83.0 cm³/mol. The average Bonchev–Trinajstić information content (AvgIpc) is 2.40. The first-order valence-electron chi connectivity index (χ1n) is 7.19. The maximum absolute atomic E-state index is 3.72. The van der Waals surface area contributed by atoms with Crippen molar-refractivity contribution in [2.75, 3.05) is 32.7 Å². The lowest BCUT2D eigenvalue weighted by molar-refractivity contribution is 0.303. The van der Waals surface area contributed by atoms with E-state index in [2.05, 4.69) is 55.8 Å². The van der Waals surface area contributed by atoms with Crippen LogP contribution in [-0.2, 0) is 0 Å². The predicted octanol–water partition coefficient (Wildman–Crippen LogP) is 3.39. The molecule has 2 nitrogen and oxygen atoms in total. The number of likely N-dealkylation sites (N-methyl/N-ethyl adjacent to an activating group) is 1. The van der Waals surface area contributed by atoms with E-state index in [9.17, 15) is 0 Å². The number of rotatable bonds is 11. The molecule has 104 valence electrons. The molecular weight excluding hydrogens is 220 g/mol. The summed E-state index contributed by atoms with van der Waals surface area (Å²) >= 11 is 0. The minimum atomic E-state index is 1.06. The molecule has 0 saturated carbocycles. The Kier molecular flexibility index (Phi) is 12.0. The van der Waals surface area contributed by atoms with Gasteiger partial charge in [0.1, 0.15) is 0 Å². The summed E-state index contributed by atoms with van der Waals surface area (Å²) in [6, 6.07) is 0. The second-order valence-electron chi connectivity index (χ2n) is 4.30. The van der Waals surface area contributed by atoms with Gasteiger partial charge in [-0.3, -0.25) is 0 Å². The molecule has 0 aromatic rings. The highest BCUT2D eigenvalue weighted by Gasteiger charge is 1.96. The quantitative estimate of drug-likeness (QED) is 0.447. The molecule has 0 aromatic carbocycles. The second kappa shape index (κ2) is 12.6. The Hall–Kier alpha value is -0.860. The van der Waals surface area contributed by atoms with E-state index in [0.29, 0.717) is 0 Å². The number of nitrogens with zero attached hydrogens (tertiary/aromatic N) is 1. The molecule has 0 bridgehead atoms. The van der Waals surface area contributed by atoms with Gasteiger partial charge in [-0.25, -0.2) is 0 Å². The highest BCUT2D eigenvalue weighted by atomic mass is 15.1. The van der Waals surface area contributed by atoms with Crippen LogP contribution in [0.25, 0.3) is 0 Å². The van der Waals surface area contributed by atoms with Gasteiger partial charge < -0.3 is 10.2 Å². The van der Waals surface area contributed by atoms with Gasteiger partial charge in [0.05, 0.1) is 0 Å².